The number of rotatable bonds is 2. The number of aliphatic imine (C=N–C) groups is 2. The molecule has 0 N–H and O–H groups in total. The Balaban J connectivity index is 1.64. The standard InChI is InChI=1S/C24H17ClN4O2/c1-15-21(22(28-31-15)18-10-4-5-11-19(18)25)24(30)27-23-17-9-3-2-8-16(17)14-29-13-7-6-12-20(29)26-23/h2-13H,14H2,1H3. The van der Waals surface area contributed by atoms with Crippen LogP contribution in [0.5, 0.6) is 0 Å². The van der Waals surface area contributed by atoms with E-state index in [0.29, 0.717) is 34.4 Å². The number of benzene rings is 2. The number of carbonyl (C=O) groups is 1. The maximum Gasteiger partial charge on any atom is 0.284 e. The predicted molar refractivity (Wildman–Crippen MR) is 120 cm³/mol. The van der Waals surface area contributed by atoms with Gasteiger partial charge in [-0.1, -0.05) is 65.3 Å². The quantitative estimate of drug-likeness (QED) is 0.563. The lowest BCUT2D eigenvalue weighted by atomic mass is 10.0. The van der Waals surface area contributed by atoms with Gasteiger partial charge in [-0.2, -0.15) is 4.99 Å². The fourth-order valence-electron chi connectivity index (χ4n) is 3.63. The topological polar surface area (TPSA) is 71.1 Å². The van der Waals surface area contributed by atoms with Gasteiger partial charge in [0, 0.05) is 23.9 Å². The van der Waals surface area contributed by atoms with Crippen LogP contribution in [0.2, 0.25) is 5.02 Å². The molecule has 0 radical (unpaired) electrons. The van der Waals surface area contributed by atoms with Crippen molar-refractivity contribution in [1.29, 1.82) is 0 Å². The molecular formula is C24H17ClN4O2. The molecular weight excluding hydrogens is 412 g/mol. The van der Waals surface area contributed by atoms with Crippen molar-refractivity contribution in [1.82, 2.24) is 10.1 Å². The number of aromatic nitrogens is 1. The molecule has 0 spiro atoms. The summed E-state index contributed by atoms with van der Waals surface area (Å²) in [4.78, 5) is 24.5. The Morgan fingerprint density at radius 1 is 1.10 bits per heavy atom. The van der Waals surface area contributed by atoms with Crippen molar-refractivity contribution in [3.8, 4) is 11.3 Å². The van der Waals surface area contributed by atoms with Crippen molar-refractivity contribution in [2.75, 3.05) is 0 Å². The van der Waals surface area contributed by atoms with Crippen LogP contribution in [0.3, 0.4) is 0 Å². The minimum atomic E-state index is -0.480. The van der Waals surface area contributed by atoms with Gasteiger partial charge in [-0.25, -0.2) is 4.99 Å². The van der Waals surface area contributed by atoms with Crippen LogP contribution < -0.4 is 0 Å². The lowest BCUT2D eigenvalue weighted by Crippen LogP contribution is -2.24. The number of nitrogens with zero attached hydrogens (tertiary/aromatic N) is 4. The summed E-state index contributed by atoms with van der Waals surface area (Å²) in [5.74, 6) is 0.968. The third-order valence-electron chi connectivity index (χ3n) is 5.15. The zero-order chi connectivity index (χ0) is 21.4. The highest BCUT2D eigenvalue weighted by Gasteiger charge is 2.25. The molecule has 0 atom stereocenters. The number of amidine groups is 2. The van der Waals surface area contributed by atoms with Crippen LogP contribution in [0.15, 0.2) is 87.5 Å². The Morgan fingerprint density at radius 2 is 1.87 bits per heavy atom. The van der Waals surface area contributed by atoms with Crippen molar-refractivity contribution in [2.24, 2.45) is 9.98 Å². The molecule has 0 bridgehead atoms. The highest BCUT2D eigenvalue weighted by atomic mass is 35.5. The van der Waals surface area contributed by atoms with Crippen LogP contribution in [0.4, 0.5) is 0 Å². The summed E-state index contributed by atoms with van der Waals surface area (Å²) >= 11 is 6.33. The van der Waals surface area contributed by atoms with E-state index in [1.807, 2.05) is 65.7 Å². The molecule has 31 heavy (non-hydrogen) atoms. The Kier molecular flexibility index (Phi) is 4.84. The van der Waals surface area contributed by atoms with Gasteiger partial charge in [0.25, 0.3) is 5.91 Å². The first-order valence-electron chi connectivity index (χ1n) is 9.74. The summed E-state index contributed by atoms with van der Waals surface area (Å²) in [6.07, 6.45) is 7.71. The number of aryl methyl sites for hydroxylation is 1. The van der Waals surface area contributed by atoms with Crippen LogP contribution >= 0.6 is 11.6 Å². The Morgan fingerprint density at radius 3 is 2.71 bits per heavy atom. The molecule has 3 aromatic rings. The number of amides is 1. The third kappa shape index (κ3) is 3.51. The van der Waals surface area contributed by atoms with E-state index in [0.717, 1.165) is 17.0 Å². The Hall–Kier alpha value is -3.77. The second kappa shape index (κ2) is 7.81. The Labute approximate surface area is 183 Å². The molecule has 152 valence electrons. The molecule has 6 nitrogen and oxygen atoms in total. The fraction of sp³-hybridized carbons (Fsp3) is 0.0833. The van der Waals surface area contributed by atoms with E-state index >= 15 is 0 Å². The highest BCUT2D eigenvalue weighted by Crippen LogP contribution is 2.31. The van der Waals surface area contributed by atoms with Gasteiger partial charge in [0.2, 0.25) is 0 Å². The largest absolute Gasteiger partial charge is 0.360 e. The lowest BCUT2D eigenvalue weighted by Gasteiger charge is -2.20. The first-order chi connectivity index (χ1) is 15.1. The summed E-state index contributed by atoms with van der Waals surface area (Å²) in [5, 5.41) is 4.55. The van der Waals surface area contributed by atoms with Crippen LogP contribution in [0.1, 0.15) is 27.2 Å². The van der Waals surface area contributed by atoms with Crippen molar-refractivity contribution in [3.63, 3.8) is 0 Å². The molecule has 1 amide bonds. The summed E-state index contributed by atoms with van der Waals surface area (Å²) in [6, 6.07) is 15.0. The van der Waals surface area contributed by atoms with Crippen LogP contribution in [0.25, 0.3) is 11.3 Å². The predicted octanol–water partition coefficient (Wildman–Crippen LogP) is 5.19. The molecule has 0 unspecified atom stereocenters. The maximum absolute atomic E-state index is 13.3. The van der Waals surface area contributed by atoms with Gasteiger partial charge in [0.1, 0.15) is 22.9 Å². The number of halogens is 1. The number of hydrogen-bond acceptors (Lipinski definition) is 4. The minimum absolute atomic E-state index is 0.276. The number of allylic oxidation sites excluding steroid dienone is 2. The average Bonchev–Trinajstić information content (AvgIpc) is 3.08. The first kappa shape index (κ1) is 19.2. The molecule has 0 aliphatic carbocycles. The highest BCUT2D eigenvalue weighted by molar-refractivity contribution is 6.33. The van der Waals surface area contributed by atoms with E-state index < -0.39 is 5.91 Å². The summed E-state index contributed by atoms with van der Waals surface area (Å²) in [5.41, 5.74) is 3.10. The molecule has 2 aliphatic heterocycles. The molecule has 3 heterocycles. The van der Waals surface area contributed by atoms with E-state index in [2.05, 4.69) is 10.1 Å². The smallest absolute Gasteiger partial charge is 0.284 e. The van der Waals surface area contributed by atoms with Crippen molar-refractivity contribution < 1.29 is 9.32 Å². The molecule has 2 aromatic carbocycles. The number of hydrogen-bond donors (Lipinski definition) is 0. The molecule has 0 fully saturated rings. The number of fused-ring (bicyclic) bond motifs is 2. The van der Waals surface area contributed by atoms with Gasteiger partial charge in [0.05, 0.1) is 5.02 Å². The normalized spacial score (nSPS) is 16.0. The lowest BCUT2D eigenvalue weighted by molar-refractivity contribution is 0.100. The third-order valence-corrected chi connectivity index (χ3v) is 5.48. The SMILES string of the molecule is Cc1onc(-c2ccccc2Cl)c1C(=O)N=C1N=C2C=CC=CN2Cc2ccccc21. The number of carbonyl (C=O) groups excluding carboxylic acids is 1. The van der Waals surface area contributed by atoms with Gasteiger partial charge in [-0.05, 0) is 30.7 Å². The molecule has 5 rings (SSSR count). The van der Waals surface area contributed by atoms with Crippen molar-refractivity contribution >= 4 is 29.2 Å². The maximum atomic E-state index is 13.3. The van der Waals surface area contributed by atoms with E-state index in [1.54, 1.807) is 19.1 Å². The van der Waals surface area contributed by atoms with Crippen LogP contribution in [-0.4, -0.2) is 27.6 Å². The summed E-state index contributed by atoms with van der Waals surface area (Å²) in [7, 11) is 0. The fourth-order valence-corrected chi connectivity index (χ4v) is 3.85. The molecule has 2 aliphatic rings. The van der Waals surface area contributed by atoms with Gasteiger partial charge < -0.3 is 9.42 Å². The monoisotopic (exact) mass is 428 g/mol. The van der Waals surface area contributed by atoms with Crippen LogP contribution in [-0.2, 0) is 6.54 Å². The van der Waals surface area contributed by atoms with Gasteiger partial charge in [-0.3, -0.25) is 4.79 Å². The summed E-state index contributed by atoms with van der Waals surface area (Å²) in [6.45, 7) is 2.32. The molecule has 1 aromatic heterocycles. The molecule has 0 saturated carbocycles. The van der Waals surface area contributed by atoms with E-state index in [9.17, 15) is 4.79 Å². The van der Waals surface area contributed by atoms with Gasteiger partial charge in [-0.15, -0.1) is 0 Å². The van der Waals surface area contributed by atoms with E-state index in [-0.39, 0.29) is 5.56 Å². The van der Waals surface area contributed by atoms with E-state index in [4.69, 9.17) is 21.1 Å². The van der Waals surface area contributed by atoms with E-state index in [1.165, 1.54) is 0 Å². The van der Waals surface area contributed by atoms with Crippen molar-refractivity contribution in [2.45, 2.75) is 13.5 Å². The summed E-state index contributed by atoms with van der Waals surface area (Å²) < 4.78 is 5.33. The minimum Gasteiger partial charge on any atom is -0.360 e. The second-order valence-electron chi connectivity index (χ2n) is 7.14. The molecule has 7 heteroatoms. The zero-order valence-electron chi connectivity index (χ0n) is 16.6. The first-order valence-corrected chi connectivity index (χ1v) is 10.1. The zero-order valence-corrected chi connectivity index (χ0v) is 17.4. The van der Waals surface area contributed by atoms with Gasteiger partial charge >= 0.3 is 0 Å². The Bertz CT molecular complexity index is 1320. The average molecular weight is 429 g/mol. The van der Waals surface area contributed by atoms with Crippen LogP contribution in [0, 0.1) is 6.92 Å². The van der Waals surface area contributed by atoms with Gasteiger partial charge in [0.15, 0.2) is 5.84 Å². The van der Waals surface area contributed by atoms with Crippen molar-refractivity contribution in [3.05, 3.63) is 100 Å². The molecule has 0 saturated heterocycles. The second-order valence-corrected chi connectivity index (χ2v) is 7.55.